The summed E-state index contributed by atoms with van der Waals surface area (Å²) in [6.07, 6.45) is 4.43. The van der Waals surface area contributed by atoms with Gasteiger partial charge in [0.05, 0.1) is 0 Å². The Labute approximate surface area is 182 Å². The zero-order valence-electron chi connectivity index (χ0n) is 18.1. The highest BCUT2D eigenvalue weighted by Gasteiger charge is 2.36. The van der Waals surface area contributed by atoms with Gasteiger partial charge >= 0.3 is 0 Å². The maximum Gasteiger partial charge on any atom is 0.161 e. The first kappa shape index (κ1) is 22.1. The molecule has 0 heterocycles. The molecule has 0 aliphatic heterocycles. The van der Waals surface area contributed by atoms with Gasteiger partial charge in [-0.2, -0.15) is 0 Å². The second-order valence-electron chi connectivity index (χ2n) is 9.15. The van der Waals surface area contributed by atoms with Gasteiger partial charge in [-0.05, 0) is 64.5 Å². The summed E-state index contributed by atoms with van der Waals surface area (Å²) >= 11 is 0. The zero-order chi connectivity index (χ0) is 22.1. The quantitative estimate of drug-likeness (QED) is 0.426. The van der Waals surface area contributed by atoms with Crippen molar-refractivity contribution in [2.75, 3.05) is 0 Å². The van der Waals surface area contributed by atoms with Gasteiger partial charge in [-0.25, -0.2) is 17.6 Å². The minimum Gasteiger partial charge on any atom is -0.239 e. The smallest absolute Gasteiger partial charge is 0.161 e. The minimum atomic E-state index is -1.72. The third-order valence-corrected chi connectivity index (χ3v) is 7.16. The second kappa shape index (κ2) is 9.18. The third kappa shape index (κ3) is 4.31. The lowest BCUT2D eigenvalue weighted by molar-refractivity contribution is 0.209. The van der Waals surface area contributed by atoms with Crippen molar-refractivity contribution in [2.24, 2.45) is 11.8 Å². The molecule has 166 valence electrons. The molecule has 3 aliphatic carbocycles. The van der Waals surface area contributed by atoms with Crippen LogP contribution in [-0.2, 0) is 0 Å². The standard InChI is InChI=1S/C27H30F4/c1-3-17-12-13-21(25(29)24(17)28)19-8-10-20(11-9-19)23-15-14-22(26(30)27(23)31)18-6-4-16(2)5-7-18/h8-16,18,24-27H,3-7H2,1-2H3. The van der Waals surface area contributed by atoms with Crippen molar-refractivity contribution in [3.63, 3.8) is 0 Å². The average Bonchev–Trinajstić information content (AvgIpc) is 2.78. The molecule has 31 heavy (non-hydrogen) atoms. The fourth-order valence-corrected chi connectivity index (χ4v) is 5.06. The molecule has 4 rings (SSSR count). The van der Waals surface area contributed by atoms with Crippen LogP contribution in [-0.4, -0.2) is 24.7 Å². The Kier molecular flexibility index (Phi) is 6.55. The van der Waals surface area contributed by atoms with E-state index in [4.69, 9.17) is 0 Å². The molecular weight excluding hydrogens is 400 g/mol. The van der Waals surface area contributed by atoms with Crippen molar-refractivity contribution < 1.29 is 17.6 Å². The molecule has 0 amide bonds. The summed E-state index contributed by atoms with van der Waals surface area (Å²) in [6, 6.07) is 6.66. The highest BCUT2D eigenvalue weighted by atomic mass is 19.2. The van der Waals surface area contributed by atoms with E-state index in [0.717, 1.165) is 25.7 Å². The van der Waals surface area contributed by atoms with Crippen molar-refractivity contribution >= 4 is 11.1 Å². The summed E-state index contributed by atoms with van der Waals surface area (Å²) < 4.78 is 58.9. The van der Waals surface area contributed by atoms with Gasteiger partial charge < -0.3 is 0 Å². The number of benzene rings is 1. The molecule has 0 spiro atoms. The van der Waals surface area contributed by atoms with Crippen LogP contribution >= 0.6 is 0 Å². The molecule has 1 aromatic rings. The highest BCUT2D eigenvalue weighted by molar-refractivity contribution is 5.77. The van der Waals surface area contributed by atoms with Gasteiger partial charge in [-0.1, -0.05) is 75.3 Å². The Balaban J connectivity index is 1.55. The van der Waals surface area contributed by atoms with E-state index >= 15 is 8.78 Å². The SMILES string of the molecule is CCC1=CC=C(c2ccc(C3=CC=C(C4CCC(C)CC4)C(F)C3F)cc2)C(F)C1F. The molecule has 1 saturated carbocycles. The maximum absolute atomic E-state index is 15.0. The Hall–Kier alpha value is -2.10. The molecule has 4 heteroatoms. The van der Waals surface area contributed by atoms with Gasteiger partial charge in [0.25, 0.3) is 0 Å². The number of halogens is 4. The molecule has 0 nitrogen and oxygen atoms in total. The topological polar surface area (TPSA) is 0 Å². The van der Waals surface area contributed by atoms with Crippen molar-refractivity contribution in [1.29, 1.82) is 0 Å². The Morgan fingerprint density at radius 2 is 1.19 bits per heavy atom. The summed E-state index contributed by atoms with van der Waals surface area (Å²) in [5.74, 6) is 0.781. The summed E-state index contributed by atoms with van der Waals surface area (Å²) in [7, 11) is 0. The fraction of sp³-hybridized carbons (Fsp3) is 0.481. The van der Waals surface area contributed by atoms with E-state index in [2.05, 4.69) is 6.92 Å². The van der Waals surface area contributed by atoms with E-state index in [0.29, 0.717) is 40.2 Å². The molecule has 3 aliphatic rings. The molecular formula is C27H30F4. The van der Waals surface area contributed by atoms with Crippen LogP contribution in [0.25, 0.3) is 11.1 Å². The van der Waals surface area contributed by atoms with Crippen molar-refractivity contribution in [2.45, 2.75) is 70.6 Å². The van der Waals surface area contributed by atoms with Crippen LogP contribution in [0.5, 0.6) is 0 Å². The van der Waals surface area contributed by atoms with E-state index < -0.39 is 24.7 Å². The van der Waals surface area contributed by atoms with Crippen LogP contribution in [0.1, 0.15) is 57.1 Å². The van der Waals surface area contributed by atoms with Crippen molar-refractivity contribution in [1.82, 2.24) is 0 Å². The Morgan fingerprint density at radius 3 is 1.74 bits per heavy atom. The molecule has 0 radical (unpaired) electrons. The molecule has 4 unspecified atom stereocenters. The second-order valence-corrected chi connectivity index (χ2v) is 9.15. The molecule has 0 saturated heterocycles. The number of rotatable bonds is 4. The average molecular weight is 431 g/mol. The summed E-state index contributed by atoms with van der Waals surface area (Å²) in [5.41, 5.74) is 2.74. The molecule has 1 fully saturated rings. The fourth-order valence-electron chi connectivity index (χ4n) is 5.06. The molecule has 0 aromatic heterocycles. The van der Waals surface area contributed by atoms with Crippen LogP contribution in [0.4, 0.5) is 17.6 Å². The first-order valence-corrected chi connectivity index (χ1v) is 11.4. The normalized spacial score (nSPS) is 33.9. The van der Waals surface area contributed by atoms with E-state index in [-0.39, 0.29) is 11.5 Å². The van der Waals surface area contributed by atoms with Gasteiger partial charge in [0.15, 0.2) is 24.7 Å². The van der Waals surface area contributed by atoms with Gasteiger partial charge in [0, 0.05) is 0 Å². The van der Waals surface area contributed by atoms with Crippen molar-refractivity contribution in [3.05, 3.63) is 70.8 Å². The van der Waals surface area contributed by atoms with E-state index in [1.54, 1.807) is 55.5 Å². The summed E-state index contributed by atoms with van der Waals surface area (Å²) in [5, 5.41) is 0. The van der Waals surface area contributed by atoms with E-state index in [9.17, 15) is 8.78 Å². The number of allylic oxidation sites excluding steroid dienone is 8. The van der Waals surface area contributed by atoms with E-state index in [1.807, 2.05) is 0 Å². The van der Waals surface area contributed by atoms with Crippen LogP contribution in [0, 0.1) is 11.8 Å². The minimum absolute atomic E-state index is 0.124. The summed E-state index contributed by atoms with van der Waals surface area (Å²) in [4.78, 5) is 0. The molecule has 0 N–H and O–H groups in total. The van der Waals surface area contributed by atoms with Gasteiger partial charge in [0.1, 0.15) is 0 Å². The van der Waals surface area contributed by atoms with Gasteiger partial charge in [-0.15, -0.1) is 0 Å². The van der Waals surface area contributed by atoms with Crippen LogP contribution in [0.15, 0.2) is 59.7 Å². The first-order valence-electron chi connectivity index (χ1n) is 11.4. The monoisotopic (exact) mass is 430 g/mol. The predicted molar refractivity (Wildman–Crippen MR) is 120 cm³/mol. The van der Waals surface area contributed by atoms with Crippen LogP contribution in [0.3, 0.4) is 0 Å². The molecule has 0 bridgehead atoms. The lowest BCUT2D eigenvalue weighted by Gasteiger charge is -2.33. The van der Waals surface area contributed by atoms with Gasteiger partial charge in [0.2, 0.25) is 0 Å². The molecule has 4 atom stereocenters. The van der Waals surface area contributed by atoms with Gasteiger partial charge in [-0.3, -0.25) is 0 Å². The molecule has 1 aromatic carbocycles. The van der Waals surface area contributed by atoms with Crippen LogP contribution < -0.4 is 0 Å². The zero-order valence-corrected chi connectivity index (χ0v) is 18.1. The number of hydrogen-bond acceptors (Lipinski definition) is 0. The number of hydrogen-bond donors (Lipinski definition) is 0. The maximum atomic E-state index is 15.0. The number of alkyl halides is 4. The largest absolute Gasteiger partial charge is 0.239 e. The predicted octanol–water partition coefficient (Wildman–Crippen LogP) is 7.92. The van der Waals surface area contributed by atoms with Crippen LogP contribution in [0.2, 0.25) is 0 Å². The third-order valence-electron chi connectivity index (χ3n) is 7.16. The highest BCUT2D eigenvalue weighted by Crippen LogP contribution is 2.41. The Morgan fingerprint density at radius 1 is 0.677 bits per heavy atom. The van der Waals surface area contributed by atoms with E-state index in [1.165, 1.54) is 0 Å². The lowest BCUT2D eigenvalue weighted by atomic mass is 9.75. The van der Waals surface area contributed by atoms with Crippen molar-refractivity contribution in [3.8, 4) is 0 Å². The summed E-state index contributed by atoms with van der Waals surface area (Å²) in [6.45, 7) is 4.01. The lowest BCUT2D eigenvalue weighted by Crippen LogP contribution is -2.29. The Bertz CT molecular complexity index is 913. The first-order chi connectivity index (χ1) is 14.9.